The minimum absolute atomic E-state index is 0. The Bertz CT molecular complexity index is 599. The lowest BCUT2D eigenvalue weighted by Gasteiger charge is -2.10. The molecule has 0 aromatic carbocycles. The molecule has 3 N–H and O–H groups in total. The maximum Gasteiger partial charge on any atom is 0.208 e. The zero-order valence-corrected chi connectivity index (χ0v) is 17.8. The predicted molar refractivity (Wildman–Crippen MR) is 106 cm³/mol. The summed E-state index contributed by atoms with van der Waals surface area (Å²) in [5, 5.41) is 10.2. The number of hydrogen-bond donors (Lipinski definition) is 3. The van der Waals surface area contributed by atoms with Crippen LogP contribution in [0.3, 0.4) is 0 Å². The highest BCUT2D eigenvalue weighted by Gasteiger charge is 2.13. The molecule has 0 radical (unpaired) electrons. The van der Waals surface area contributed by atoms with E-state index in [2.05, 4.69) is 39.4 Å². The van der Waals surface area contributed by atoms with Gasteiger partial charge in [-0.15, -0.1) is 24.0 Å². The van der Waals surface area contributed by atoms with Crippen molar-refractivity contribution in [3.63, 3.8) is 0 Å². The molecule has 0 saturated heterocycles. The summed E-state index contributed by atoms with van der Waals surface area (Å²) in [6.45, 7) is 5.46. The number of nitrogens with one attached hydrogen (secondary N) is 3. The molecule has 1 rings (SSSR count). The highest BCUT2D eigenvalue weighted by Crippen LogP contribution is 2.22. The van der Waals surface area contributed by atoms with Crippen LogP contribution in [0, 0.1) is 0 Å². The summed E-state index contributed by atoms with van der Waals surface area (Å²) >= 11 is 0. The van der Waals surface area contributed by atoms with Crippen LogP contribution in [0.1, 0.15) is 44.1 Å². The fourth-order valence-electron chi connectivity index (χ4n) is 2.12. The molecule has 0 amide bonds. The Kier molecular flexibility index (Phi) is 11.2. The van der Waals surface area contributed by atoms with Gasteiger partial charge >= 0.3 is 0 Å². The van der Waals surface area contributed by atoms with Crippen molar-refractivity contribution in [3.05, 3.63) is 17.5 Å². The van der Waals surface area contributed by atoms with Crippen LogP contribution >= 0.6 is 24.0 Å². The molecule has 0 aliphatic rings. The second-order valence-corrected chi connectivity index (χ2v) is 7.08. The van der Waals surface area contributed by atoms with Gasteiger partial charge in [-0.3, -0.25) is 4.99 Å². The van der Waals surface area contributed by atoms with Gasteiger partial charge in [-0.1, -0.05) is 19.0 Å². The number of hydrogen-bond acceptors (Lipinski definition) is 5. The summed E-state index contributed by atoms with van der Waals surface area (Å²) < 4.78 is 29.6. The summed E-state index contributed by atoms with van der Waals surface area (Å²) in [7, 11) is -1.52. The van der Waals surface area contributed by atoms with Crippen molar-refractivity contribution in [2.75, 3.05) is 26.4 Å². The zero-order valence-electron chi connectivity index (χ0n) is 14.6. The first-order valence-corrected chi connectivity index (χ1v) is 9.63. The van der Waals surface area contributed by atoms with Crippen LogP contribution in [0.5, 0.6) is 0 Å². The molecule has 0 unspecified atom stereocenters. The average Bonchev–Trinajstić information content (AvgIpc) is 2.95. The van der Waals surface area contributed by atoms with E-state index in [1.807, 2.05) is 6.07 Å². The Morgan fingerprint density at radius 1 is 1.29 bits per heavy atom. The third kappa shape index (κ3) is 8.83. The molecule has 0 fully saturated rings. The van der Waals surface area contributed by atoms with Crippen LogP contribution < -0.4 is 15.4 Å². The van der Waals surface area contributed by atoms with Crippen molar-refractivity contribution in [2.24, 2.45) is 4.99 Å². The molecule has 1 heterocycles. The van der Waals surface area contributed by atoms with Crippen molar-refractivity contribution in [1.29, 1.82) is 0 Å². The third-order valence-corrected chi connectivity index (χ3v) is 4.14. The second kappa shape index (κ2) is 11.6. The van der Waals surface area contributed by atoms with Crippen molar-refractivity contribution in [2.45, 2.75) is 39.2 Å². The standard InChI is InChI=1S/C14H27N5O3S.HI/c1-5-11(6-2)13-9-12(22-19-13)10-17-14(15-3)16-7-8-18-23(4,20)21;/h9,11,18H,5-8,10H2,1-4H3,(H2,15,16,17);1H. The number of aromatic nitrogens is 1. The molecule has 0 atom stereocenters. The first-order chi connectivity index (χ1) is 10.9. The molecular formula is C14H28IN5O3S. The lowest BCUT2D eigenvalue weighted by Crippen LogP contribution is -2.41. The minimum Gasteiger partial charge on any atom is -0.359 e. The molecule has 0 bridgehead atoms. The summed E-state index contributed by atoms with van der Waals surface area (Å²) in [6.07, 6.45) is 3.19. The highest BCUT2D eigenvalue weighted by atomic mass is 127. The Morgan fingerprint density at radius 3 is 2.50 bits per heavy atom. The van der Waals surface area contributed by atoms with E-state index in [1.54, 1.807) is 7.05 Å². The summed E-state index contributed by atoms with van der Waals surface area (Å²) in [6, 6.07) is 1.96. The molecule has 8 nitrogen and oxygen atoms in total. The number of halogens is 1. The smallest absolute Gasteiger partial charge is 0.208 e. The molecule has 24 heavy (non-hydrogen) atoms. The van der Waals surface area contributed by atoms with Crippen LogP contribution in [0.2, 0.25) is 0 Å². The SMILES string of the molecule is CCC(CC)c1cc(CNC(=NC)NCCNS(C)(=O)=O)on1.I. The van der Waals surface area contributed by atoms with E-state index < -0.39 is 10.0 Å². The molecule has 0 aliphatic heterocycles. The second-order valence-electron chi connectivity index (χ2n) is 5.25. The molecule has 0 aliphatic carbocycles. The molecule has 1 aromatic heterocycles. The first-order valence-electron chi connectivity index (χ1n) is 7.74. The lowest BCUT2D eigenvalue weighted by atomic mass is 9.99. The van der Waals surface area contributed by atoms with Crippen LogP contribution in [-0.2, 0) is 16.6 Å². The quantitative estimate of drug-likeness (QED) is 0.217. The van der Waals surface area contributed by atoms with E-state index >= 15 is 0 Å². The van der Waals surface area contributed by atoms with Gasteiger partial charge in [0.15, 0.2) is 11.7 Å². The third-order valence-electron chi connectivity index (χ3n) is 3.42. The number of aliphatic imine (C=N–C) groups is 1. The summed E-state index contributed by atoms with van der Waals surface area (Å²) in [5.41, 5.74) is 0.979. The van der Waals surface area contributed by atoms with Crippen LogP contribution in [0.4, 0.5) is 0 Å². The van der Waals surface area contributed by atoms with Gasteiger partial charge in [-0.2, -0.15) is 0 Å². The fourth-order valence-corrected chi connectivity index (χ4v) is 2.59. The van der Waals surface area contributed by atoms with Crippen molar-refractivity contribution < 1.29 is 12.9 Å². The Labute approximate surface area is 161 Å². The van der Waals surface area contributed by atoms with E-state index in [9.17, 15) is 8.42 Å². The number of rotatable bonds is 9. The molecular weight excluding hydrogens is 445 g/mol. The lowest BCUT2D eigenvalue weighted by molar-refractivity contribution is 0.368. The topological polar surface area (TPSA) is 109 Å². The van der Waals surface area contributed by atoms with E-state index in [-0.39, 0.29) is 24.0 Å². The van der Waals surface area contributed by atoms with Gasteiger partial charge in [0.05, 0.1) is 18.5 Å². The van der Waals surface area contributed by atoms with E-state index in [4.69, 9.17) is 4.52 Å². The Balaban J connectivity index is 0.00000529. The Morgan fingerprint density at radius 2 is 1.96 bits per heavy atom. The maximum absolute atomic E-state index is 11.0. The molecule has 140 valence electrons. The van der Waals surface area contributed by atoms with E-state index in [0.29, 0.717) is 31.5 Å². The first kappa shape index (κ1) is 23.1. The minimum atomic E-state index is -3.17. The normalized spacial score (nSPS) is 12.1. The fraction of sp³-hybridized carbons (Fsp3) is 0.714. The number of guanidine groups is 1. The number of nitrogens with zero attached hydrogens (tertiary/aromatic N) is 2. The molecule has 10 heteroatoms. The Hall–Kier alpha value is -0.880. The van der Waals surface area contributed by atoms with Crippen molar-refractivity contribution in [3.8, 4) is 0 Å². The van der Waals surface area contributed by atoms with Gasteiger partial charge in [0, 0.05) is 32.1 Å². The van der Waals surface area contributed by atoms with Gasteiger partial charge in [0.25, 0.3) is 0 Å². The van der Waals surface area contributed by atoms with E-state index in [1.165, 1.54) is 0 Å². The molecule has 0 saturated carbocycles. The summed E-state index contributed by atoms with van der Waals surface area (Å²) in [4.78, 5) is 4.07. The summed E-state index contributed by atoms with van der Waals surface area (Å²) in [5.74, 6) is 1.73. The van der Waals surface area contributed by atoms with E-state index in [0.717, 1.165) is 30.6 Å². The van der Waals surface area contributed by atoms with Gasteiger partial charge in [0.2, 0.25) is 10.0 Å². The maximum atomic E-state index is 11.0. The van der Waals surface area contributed by atoms with Gasteiger partial charge < -0.3 is 15.2 Å². The van der Waals surface area contributed by atoms with Gasteiger partial charge in [-0.05, 0) is 12.8 Å². The van der Waals surface area contributed by atoms with Gasteiger partial charge in [-0.25, -0.2) is 13.1 Å². The average molecular weight is 473 g/mol. The highest BCUT2D eigenvalue weighted by molar-refractivity contribution is 14.0. The van der Waals surface area contributed by atoms with Crippen LogP contribution in [0.25, 0.3) is 0 Å². The zero-order chi connectivity index (χ0) is 17.3. The van der Waals surface area contributed by atoms with Crippen LogP contribution in [-0.4, -0.2) is 45.9 Å². The van der Waals surface area contributed by atoms with Crippen molar-refractivity contribution in [1.82, 2.24) is 20.5 Å². The largest absolute Gasteiger partial charge is 0.359 e. The molecule has 0 spiro atoms. The number of sulfonamides is 1. The van der Waals surface area contributed by atoms with Crippen molar-refractivity contribution >= 4 is 40.0 Å². The molecule has 1 aromatic rings. The monoisotopic (exact) mass is 473 g/mol. The predicted octanol–water partition coefficient (Wildman–Crippen LogP) is 1.41. The van der Waals surface area contributed by atoms with Crippen LogP contribution in [0.15, 0.2) is 15.6 Å². The van der Waals surface area contributed by atoms with Gasteiger partial charge in [0.1, 0.15) is 0 Å².